The van der Waals surface area contributed by atoms with E-state index in [0.717, 1.165) is 44.2 Å². The monoisotopic (exact) mass is 332 g/mol. The minimum Gasteiger partial charge on any atom is -0.384 e. The fourth-order valence-corrected chi connectivity index (χ4v) is 3.32. The highest BCUT2D eigenvalue weighted by molar-refractivity contribution is 6.30. The van der Waals surface area contributed by atoms with Crippen molar-refractivity contribution >= 4 is 23.0 Å². The number of anilines is 1. The van der Waals surface area contributed by atoms with E-state index in [1.165, 1.54) is 30.8 Å². The van der Waals surface area contributed by atoms with Gasteiger partial charge in [-0.15, -0.1) is 0 Å². The molecule has 0 bridgehead atoms. The van der Waals surface area contributed by atoms with E-state index in [4.69, 9.17) is 11.6 Å². The lowest BCUT2D eigenvalue weighted by Crippen LogP contribution is -2.46. The van der Waals surface area contributed by atoms with Crippen LogP contribution in [0.15, 0.2) is 41.7 Å². The van der Waals surface area contributed by atoms with E-state index < -0.39 is 0 Å². The molecule has 0 aromatic heterocycles. The van der Waals surface area contributed by atoms with Crippen LogP contribution in [-0.4, -0.2) is 49.9 Å². The molecule has 1 aromatic carbocycles. The second kappa shape index (κ2) is 8.37. The van der Waals surface area contributed by atoms with Gasteiger partial charge in [-0.25, -0.2) is 0 Å². The largest absolute Gasteiger partial charge is 0.384 e. The maximum atomic E-state index is 6.09. The van der Waals surface area contributed by atoms with E-state index >= 15 is 0 Å². The maximum absolute atomic E-state index is 6.09. The van der Waals surface area contributed by atoms with Crippen LogP contribution in [0.2, 0.25) is 5.02 Å². The second-order valence-electron chi connectivity index (χ2n) is 6.16. The number of benzene rings is 1. The third kappa shape index (κ3) is 4.98. The maximum Gasteiger partial charge on any atom is 0.0529 e. The lowest BCUT2D eigenvalue weighted by molar-refractivity contribution is 0.253. The summed E-state index contributed by atoms with van der Waals surface area (Å²) in [5, 5.41) is 4.03. The molecule has 0 unspecified atom stereocenters. The number of rotatable bonds is 6. The number of nitrogens with zero attached hydrogens (tertiary/aromatic N) is 3. The Morgan fingerprint density at radius 1 is 1.13 bits per heavy atom. The van der Waals surface area contributed by atoms with Crippen LogP contribution in [-0.2, 0) is 0 Å². The van der Waals surface area contributed by atoms with Gasteiger partial charge >= 0.3 is 0 Å². The molecule has 1 saturated heterocycles. The van der Waals surface area contributed by atoms with Crippen molar-refractivity contribution in [2.24, 2.45) is 4.99 Å². The van der Waals surface area contributed by atoms with Crippen molar-refractivity contribution < 1.29 is 0 Å². The van der Waals surface area contributed by atoms with E-state index in [1.807, 2.05) is 24.5 Å². The summed E-state index contributed by atoms with van der Waals surface area (Å²) in [5.74, 6) is 0. The van der Waals surface area contributed by atoms with Crippen LogP contribution < -0.4 is 10.2 Å². The minimum absolute atomic E-state index is 0.819. The Hall–Kier alpha value is -1.52. The number of aliphatic imine (C=N–C) groups is 1. The molecule has 2 aliphatic heterocycles. The van der Waals surface area contributed by atoms with Gasteiger partial charge in [-0.2, -0.15) is 0 Å². The van der Waals surface area contributed by atoms with Crippen molar-refractivity contribution in [2.45, 2.75) is 19.3 Å². The molecule has 0 atom stereocenters. The molecule has 0 radical (unpaired) electrons. The van der Waals surface area contributed by atoms with Crippen molar-refractivity contribution in [2.75, 3.05) is 44.2 Å². The highest BCUT2D eigenvalue weighted by Crippen LogP contribution is 2.20. The van der Waals surface area contributed by atoms with Gasteiger partial charge in [-0.1, -0.05) is 17.7 Å². The molecule has 23 heavy (non-hydrogen) atoms. The molecule has 1 N–H and O–H groups in total. The Kier molecular flexibility index (Phi) is 5.94. The number of piperazine rings is 1. The molecule has 0 saturated carbocycles. The van der Waals surface area contributed by atoms with Crippen LogP contribution in [0.5, 0.6) is 0 Å². The third-order valence-corrected chi connectivity index (χ3v) is 4.73. The molecule has 2 aliphatic rings. The molecular formula is C18H25ClN4. The molecule has 1 fully saturated rings. The van der Waals surface area contributed by atoms with Crippen LogP contribution in [0, 0.1) is 0 Å². The molecule has 0 amide bonds. The Morgan fingerprint density at radius 3 is 2.74 bits per heavy atom. The zero-order chi connectivity index (χ0) is 15.9. The van der Waals surface area contributed by atoms with Gasteiger partial charge in [0.2, 0.25) is 0 Å². The quantitative estimate of drug-likeness (QED) is 0.812. The summed E-state index contributed by atoms with van der Waals surface area (Å²) in [5.41, 5.74) is 2.52. The molecule has 1 aromatic rings. The van der Waals surface area contributed by atoms with Gasteiger partial charge in [0.05, 0.1) is 6.54 Å². The SMILES string of the molecule is Clc1cccc(N2CCN(CCCCC3=NC=CNC3)CC2)c1. The summed E-state index contributed by atoms with van der Waals surface area (Å²) in [6.45, 7) is 6.55. The average molecular weight is 333 g/mol. The molecule has 3 rings (SSSR count). The first-order chi connectivity index (χ1) is 11.3. The smallest absolute Gasteiger partial charge is 0.0529 e. The van der Waals surface area contributed by atoms with Gasteiger partial charge in [0.1, 0.15) is 0 Å². The van der Waals surface area contributed by atoms with Crippen LogP contribution in [0.1, 0.15) is 19.3 Å². The zero-order valence-electron chi connectivity index (χ0n) is 13.5. The van der Waals surface area contributed by atoms with Gasteiger partial charge in [0.15, 0.2) is 0 Å². The summed E-state index contributed by atoms with van der Waals surface area (Å²) in [4.78, 5) is 9.41. The van der Waals surface area contributed by atoms with E-state index in [2.05, 4.69) is 32.2 Å². The van der Waals surface area contributed by atoms with Crippen LogP contribution >= 0.6 is 11.6 Å². The van der Waals surface area contributed by atoms with Gasteiger partial charge in [0.25, 0.3) is 0 Å². The average Bonchev–Trinajstić information content (AvgIpc) is 2.60. The summed E-state index contributed by atoms with van der Waals surface area (Å²) in [7, 11) is 0. The van der Waals surface area contributed by atoms with Crippen molar-refractivity contribution in [3.8, 4) is 0 Å². The zero-order valence-corrected chi connectivity index (χ0v) is 14.3. The third-order valence-electron chi connectivity index (χ3n) is 4.49. The second-order valence-corrected chi connectivity index (χ2v) is 6.59. The van der Waals surface area contributed by atoms with Crippen molar-refractivity contribution in [1.82, 2.24) is 10.2 Å². The highest BCUT2D eigenvalue weighted by atomic mass is 35.5. The van der Waals surface area contributed by atoms with Crippen LogP contribution in [0.3, 0.4) is 0 Å². The van der Waals surface area contributed by atoms with Crippen molar-refractivity contribution in [3.05, 3.63) is 41.7 Å². The molecule has 0 spiro atoms. The van der Waals surface area contributed by atoms with Crippen LogP contribution in [0.4, 0.5) is 5.69 Å². The first kappa shape index (κ1) is 16.3. The number of nitrogens with one attached hydrogen (secondary N) is 1. The van der Waals surface area contributed by atoms with E-state index in [1.54, 1.807) is 0 Å². The first-order valence-electron chi connectivity index (χ1n) is 8.48. The van der Waals surface area contributed by atoms with Gasteiger partial charge < -0.3 is 10.2 Å². The van der Waals surface area contributed by atoms with E-state index in [-0.39, 0.29) is 0 Å². The predicted octanol–water partition coefficient (Wildman–Crippen LogP) is 3.15. The molecule has 124 valence electrons. The van der Waals surface area contributed by atoms with Gasteiger partial charge in [-0.3, -0.25) is 9.89 Å². The Balaban J connectivity index is 1.34. The molecule has 4 nitrogen and oxygen atoms in total. The summed E-state index contributed by atoms with van der Waals surface area (Å²) in [6, 6.07) is 8.17. The van der Waals surface area contributed by atoms with E-state index in [9.17, 15) is 0 Å². The summed E-state index contributed by atoms with van der Waals surface area (Å²) < 4.78 is 0. The fourth-order valence-electron chi connectivity index (χ4n) is 3.14. The molecule has 2 heterocycles. The van der Waals surface area contributed by atoms with E-state index in [0.29, 0.717) is 0 Å². The van der Waals surface area contributed by atoms with Gasteiger partial charge in [-0.05, 0) is 44.0 Å². The lowest BCUT2D eigenvalue weighted by atomic mass is 10.1. The topological polar surface area (TPSA) is 30.9 Å². The molecule has 5 heteroatoms. The summed E-state index contributed by atoms with van der Waals surface area (Å²) >= 11 is 6.09. The number of unbranched alkanes of at least 4 members (excludes halogenated alkanes) is 1. The van der Waals surface area contributed by atoms with Crippen molar-refractivity contribution in [1.29, 1.82) is 0 Å². The molecular weight excluding hydrogens is 308 g/mol. The first-order valence-corrected chi connectivity index (χ1v) is 8.86. The fraction of sp³-hybridized carbons (Fsp3) is 0.500. The minimum atomic E-state index is 0.819. The van der Waals surface area contributed by atoms with Crippen LogP contribution in [0.25, 0.3) is 0 Å². The molecule has 0 aliphatic carbocycles. The lowest BCUT2D eigenvalue weighted by Gasteiger charge is -2.36. The Morgan fingerprint density at radius 2 is 2.00 bits per heavy atom. The number of halogens is 1. The van der Waals surface area contributed by atoms with Crippen molar-refractivity contribution in [3.63, 3.8) is 0 Å². The van der Waals surface area contributed by atoms with Gasteiger partial charge in [0, 0.05) is 55.0 Å². The number of hydrogen-bond donors (Lipinski definition) is 1. The normalized spacial score (nSPS) is 18.7. The number of hydrogen-bond acceptors (Lipinski definition) is 4. The standard InChI is InChI=1S/C18H25ClN4/c19-16-4-3-6-18(14-16)23-12-10-22(11-13-23)9-2-1-5-17-15-20-7-8-21-17/h3-4,6-8,14,20H,1-2,5,9-13,15H2. The highest BCUT2D eigenvalue weighted by Gasteiger charge is 2.16. The Bertz CT molecular complexity index is 562. The Labute approximate surface area is 143 Å². The summed E-state index contributed by atoms with van der Waals surface area (Å²) in [6.07, 6.45) is 7.35. The predicted molar refractivity (Wildman–Crippen MR) is 98.5 cm³/mol.